The molecule has 1 rings (SSSR count). The van der Waals surface area contributed by atoms with Gasteiger partial charge in [-0.25, -0.2) is 0 Å². The number of methoxy groups -OCH3 is 1. The fourth-order valence-electron chi connectivity index (χ4n) is 2.16. The van der Waals surface area contributed by atoms with E-state index in [-0.39, 0.29) is 11.9 Å². The third-order valence-electron chi connectivity index (χ3n) is 3.11. The van der Waals surface area contributed by atoms with E-state index in [9.17, 15) is 9.59 Å². The van der Waals surface area contributed by atoms with Crippen LogP contribution in [0.15, 0.2) is 0 Å². The average Bonchev–Trinajstić information content (AvgIpc) is 2.67. The highest BCUT2D eigenvalue weighted by atomic mass is 16.5. The molecule has 0 aliphatic heterocycles. The van der Waals surface area contributed by atoms with Crippen molar-refractivity contribution in [1.82, 2.24) is 5.32 Å². The van der Waals surface area contributed by atoms with Crippen LogP contribution in [0.1, 0.15) is 32.6 Å². The van der Waals surface area contributed by atoms with Gasteiger partial charge >= 0.3 is 5.97 Å². The summed E-state index contributed by atoms with van der Waals surface area (Å²) in [4.78, 5) is 22.6. The monoisotopic (exact) mass is 229 g/mol. The molecule has 1 unspecified atom stereocenters. The SMILES string of the molecule is CCC(OC)C(=O)N[C@@H]1CCC[C@@H]1C(=O)O. The summed E-state index contributed by atoms with van der Waals surface area (Å²) in [6, 6.07) is -0.241. The smallest absolute Gasteiger partial charge is 0.308 e. The molecule has 0 bridgehead atoms. The van der Waals surface area contributed by atoms with Crippen LogP contribution in [0.4, 0.5) is 0 Å². The van der Waals surface area contributed by atoms with E-state index < -0.39 is 18.0 Å². The Labute approximate surface area is 95.2 Å². The molecule has 1 saturated carbocycles. The number of amides is 1. The average molecular weight is 229 g/mol. The molecule has 0 saturated heterocycles. The van der Waals surface area contributed by atoms with E-state index in [0.29, 0.717) is 12.8 Å². The molecule has 16 heavy (non-hydrogen) atoms. The maximum Gasteiger partial charge on any atom is 0.308 e. The highest BCUT2D eigenvalue weighted by Gasteiger charge is 2.34. The van der Waals surface area contributed by atoms with Crippen LogP contribution in [0.2, 0.25) is 0 Å². The van der Waals surface area contributed by atoms with E-state index in [0.717, 1.165) is 12.8 Å². The van der Waals surface area contributed by atoms with Crippen molar-refractivity contribution in [2.24, 2.45) is 5.92 Å². The highest BCUT2D eigenvalue weighted by Crippen LogP contribution is 2.25. The molecule has 0 heterocycles. The van der Waals surface area contributed by atoms with Gasteiger partial charge in [-0.3, -0.25) is 9.59 Å². The van der Waals surface area contributed by atoms with Gasteiger partial charge in [0.2, 0.25) is 5.91 Å². The first kappa shape index (κ1) is 13.0. The van der Waals surface area contributed by atoms with Crippen molar-refractivity contribution in [3.63, 3.8) is 0 Å². The van der Waals surface area contributed by atoms with Crippen LogP contribution in [-0.4, -0.2) is 36.2 Å². The number of carbonyl (C=O) groups excluding carboxylic acids is 1. The summed E-state index contributed by atoms with van der Waals surface area (Å²) in [7, 11) is 1.48. The summed E-state index contributed by atoms with van der Waals surface area (Å²) in [6.45, 7) is 1.86. The van der Waals surface area contributed by atoms with E-state index in [4.69, 9.17) is 9.84 Å². The Balaban J connectivity index is 2.53. The number of aliphatic carboxylic acids is 1. The second-order valence-electron chi connectivity index (χ2n) is 4.12. The fourth-order valence-corrected chi connectivity index (χ4v) is 2.16. The lowest BCUT2D eigenvalue weighted by Crippen LogP contribution is -2.45. The Hall–Kier alpha value is -1.10. The number of ether oxygens (including phenoxy) is 1. The van der Waals surface area contributed by atoms with Crippen LogP contribution in [0.3, 0.4) is 0 Å². The second kappa shape index (κ2) is 5.84. The van der Waals surface area contributed by atoms with Crippen molar-refractivity contribution in [2.45, 2.75) is 44.8 Å². The first-order chi connectivity index (χ1) is 7.60. The first-order valence-electron chi connectivity index (χ1n) is 5.66. The van der Waals surface area contributed by atoms with Gasteiger partial charge in [0, 0.05) is 13.2 Å². The molecule has 2 N–H and O–H groups in total. The van der Waals surface area contributed by atoms with Crippen molar-refractivity contribution in [2.75, 3.05) is 7.11 Å². The molecule has 1 aliphatic carbocycles. The Morgan fingerprint density at radius 3 is 2.69 bits per heavy atom. The minimum Gasteiger partial charge on any atom is -0.481 e. The summed E-state index contributed by atoms with van der Waals surface area (Å²) >= 11 is 0. The van der Waals surface area contributed by atoms with E-state index >= 15 is 0 Å². The zero-order chi connectivity index (χ0) is 12.1. The number of nitrogens with one attached hydrogen (secondary N) is 1. The predicted molar refractivity (Wildman–Crippen MR) is 58.0 cm³/mol. The maximum absolute atomic E-state index is 11.7. The van der Waals surface area contributed by atoms with E-state index in [1.54, 1.807) is 0 Å². The van der Waals surface area contributed by atoms with Crippen molar-refractivity contribution < 1.29 is 19.4 Å². The van der Waals surface area contributed by atoms with Gasteiger partial charge in [-0.1, -0.05) is 13.3 Å². The van der Waals surface area contributed by atoms with E-state index in [1.807, 2.05) is 6.92 Å². The minimum absolute atomic E-state index is 0.205. The van der Waals surface area contributed by atoms with Gasteiger partial charge < -0.3 is 15.2 Å². The first-order valence-corrected chi connectivity index (χ1v) is 5.66. The number of carboxylic acids is 1. The molecule has 0 aromatic rings. The third-order valence-corrected chi connectivity index (χ3v) is 3.11. The predicted octanol–water partition coefficient (Wildman–Crippen LogP) is 0.781. The van der Waals surface area contributed by atoms with Crippen LogP contribution in [0.25, 0.3) is 0 Å². The van der Waals surface area contributed by atoms with E-state index in [1.165, 1.54) is 7.11 Å². The van der Waals surface area contributed by atoms with Gasteiger partial charge in [-0.15, -0.1) is 0 Å². The second-order valence-corrected chi connectivity index (χ2v) is 4.12. The summed E-state index contributed by atoms with van der Waals surface area (Å²) in [6.07, 6.45) is 2.35. The van der Waals surface area contributed by atoms with Crippen LogP contribution < -0.4 is 5.32 Å². The molecule has 3 atom stereocenters. The molecule has 5 nitrogen and oxygen atoms in total. The summed E-state index contributed by atoms with van der Waals surface area (Å²) < 4.78 is 5.01. The van der Waals surface area contributed by atoms with Gasteiger partial charge in [0.25, 0.3) is 0 Å². The topological polar surface area (TPSA) is 75.6 Å². The summed E-state index contributed by atoms with van der Waals surface area (Å²) in [5, 5.41) is 11.7. The number of hydrogen-bond donors (Lipinski definition) is 2. The largest absolute Gasteiger partial charge is 0.481 e. The zero-order valence-corrected chi connectivity index (χ0v) is 9.73. The van der Waals surface area contributed by atoms with Crippen molar-refractivity contribution in [3.8, 4) is 0 Å². The van der Waals surface area contributed by atoms with Gasteiger partial charge in [0.15, 0.2) is 0 Å². The Kier molecular flexibility index (Phi) is 4.73. The zero-order valence-electron chi connectivity index (χ0n) is 9.73. The lowest BCUT2D eigenvalue weighted by atomic mass is 10.0. The number of carboxylic acid groups (broad SMARTS) is 1. The van der Waals surface area contributed by atoms with Gasteiger partial charge in [0.1, 0.15) is 6.10 Å². The Bertz CT molecular complexity index is 263. The van der Waals surface area contributed by atoms with Crippen molar-refractivity contribution >= 4 is 11.9 Å². The lowest BCUT2D eigenvalue weighted by Gasteiger charge is -2.20. The molecule has 1 fully saturated rings. The number of carbonyl (C=O) groups is 2. The van der Waals surface area contributed by atoms with Gasteiger partial charge in [0.05, 0.1) is 5.92 Å². The quantitative estimate of drug-likeness (QED) is 0.730. The van der Waals surface area contributed by atoms with Crippen LogP contribution in [-0.2, 0) is 14.3 Å². The molecule has 0 spiro atoms. The molecule has 0 radical (unpaired) electrons. The molecule has 0 aromatic heterocycles. The van der Waals surface area contributed by atoms with Crippen LogP contribution >= 0.6 is 0 Å². The molecule has 5 heteroatoms. The normalized spacial score (nSPS) is 26.4. The van der Waals surface area contributed by atoms with Crippen LogP contribution in [0, 0.1) is 5.92 Å². The molecule has 0 aromatic carbocycles. The summed E-state index contributed by atoms with van der Waals surface area (Å²) in [5.41, 5.74) is 0. The Morgan fingerprint density at radius 2 is 2.19 bits per heavy atom. The number of rotatable bonds is 5. The third kappa shape index (κ3) is 2.95. The summed E-state index contributed by atoms with van der Waals surface area (Å²) in [5.74, 6) is -1.48. The van der Waals surface area contributed by atoms with Gasteiger partial charge in [-0.05, 0) is 19.3 Å². The Morgan fingerprint density at radius 1 is 1.50 bits per heavy atom. The standard InChI is InChI=1S/C11H19NO4/c1-3-9(16-2)10(13)12-8-6-4-5-7(8)11(14)15/h7-9H,3-6H2,1-2H3,(H,12,13)(H,14,15)/t7-,8+,9?/m0/s1. The molecule has 1 amide bonds. The van der Waals surface area contributed by atoms with Crippen molar-refractivity contribution in [1.29, 1.82) is 0 Å². The van der Waals surface area contributed by atoms with Crippen molar-refractivity contribution in [3.05, 3.63) is 0 Å². The maximum atomic E-state index is 11.7. The molecule has 1 aliphatic rings. The fraction of sp³-hybridized carbons (Fsp3) is 0.818. The van der Waals surface area contributed by atoms with Gasteiger partial charge in [-0.2, -0.15) is 0 Å². The highest BCUT2D eigenvalue weighted by molar-refractivity contribution is 5.82. The molecule has 92 valence electrons. The molecular formula is C11H19NO4. The number of hydrogen-bond acceptors (Lipinski definition) is 3. The minimum atomic E-state index is -0.826. The molecular weight excluding hydrogens is 210 g/mol. The lowest BCUT2D eigenvalue weighted by molar-refractivity contribution is -0.142. The van der Waals surface area contributed by atoms with E-state index in [2.05, 4.69) is 5.32 Å². The van der Waals surface area contributed by atoms with Crippen LogP contribution in [0.5, 0.6) is 0 Å².